The molecule has 0 bridgehead atoms. The van der Waals surface area contributed by atoms with Crippen molar-refractivity contribution in [2.24, 2.45) is 14.1 Å². The van der Waals surface area contributed by atoms with Crippen molar-refractivity contribution in [3.8, 4) is 35.0 Å². The molecule has 2 aromatic heterocycles. The van der Waals surface area contributed by atoms with Crippen LogP contribution in [0.25, 0.3) is 22.1 Å². The summed E-state index contributed by atoms with van der Waals surface area (Å²) < 4.78 is 101. The number of halogens is 9. The summed E-state index contributed by atoms with van der Waals surface area (Å²) in [6.45, 7) is 12.6. The summed E-state index contributed by atoms with van der Waals surface area (Å²) in [7, 11) is 11.0. The highest BCUT2D eigenvalue weighted by atomic mass is 35.5. The molecule has 10 nitrogen and oxygen atoms in total. The van der Waals surface area contributed by atoms with Gasteiger partial charge in [-0.15, -0.1) is 38.7 Å². The first-order valence-electron chi connectivity index (χ1n) is 21.6. The lowest BCUT2D eigenvalue weighted by atomic mass is 9.93. The SMILES string of the molecule is CCC(CC)c1ccc(Cl)c2nc(Oc3c(C)cc(OC(F)(F)F)cc3CN(C)C)n(C)c12.CCC(CC)c1ccc(Cl)c2nc(Oc3c(C)cc(OC(F)(F)F)cc3CN(C)C)n(C)c12.Cl. The summed E-state index contributed by atoms with van der Waals surface area (Å²) >= 11 is 12.9. The number of benzene rings is 4. The van der Waals surface area contributed by atoms with Crippen LogP contribution in [-0.2, 0) is 27.2 Å². The number of hydrogen-bond donors (Lipinski definition) is 0. The molecule has 0 unspecified atom stereocenters. The maximum atomic E-state index is 12.8. The van der Waals surface area contributed by atoms with Crippen LogP contribution in [0.1, 0.15) is 98.6 Å². The Hall–Kier alpha value is -4.61. The molecule has 0 saturated heterocycles. The molecule has 6 aromatic rings. The topological polar surface area (TPSA) is 79.0 Å². The predicted molar refractivity (Wildman–Crippen MR) is 256 cm³/mol. The Labute approximate surface area is 404 Å². The molecule has 0 aliphatic carbocycles. The first kappa shape index (κ1) is 55.0. The van der Waals surface area contributed by atoms with Gasteiger partial charge in [0.05, 0.1) is 21.1 Å². The molecule has 0 saturated carbocycles. The Balaban J connectivity index is 0.000000288. The van der Waals surface area contributed by atoms with Gasteiger partial charge in [-0.2, -0.15) is 9.97 Å². The molecule has 4 aromatic carbocycles. The number of nitrogens with zero attached hydrogens (tertiary/aromatic N) is 6. The number of aromatic nitrogens is 4. The van der Waals surface area contributed by atoms with Crippen molar-refractivity contribution in [3.63, 3.8) is 0 Å². The Bertz CT molecular complexity index is 2460. The van der Waals surface area contributed by atoms with Crippen molar-refractivity contribution in [2.75, 3.05) is 28.2 Å². The summed E-state index contributed by atoms with van der Waals surface area (Å²) in [6, 6.07) is 13.7. The summed E-state index contributed by atoms with van der Waals surface area (Å²) in [5, 5.41) is 1.04. The fraction of sp³-hybridized carbons (Fsp3) is 0.458. The normalized spacial score (nSPS) is 12.1. The first-order valence-corrected chi connectivity index (χ1v) is 22.4. The van der Waals surface area contributed by atoms with Gasteiger partial charge < -0.3 is 28.7 Å². The van der Waals surface area contributed by atoms with Crippen LogP contribution in [-0.4, -0.2) is 69.8 Å². The number of ether oxygens (including phenoxy) is 4. The third-order valence-corrected chi connectivity index (χ3v) is 11.9. The number of aryl methyl sites for hydroxylation is 4. The zero-order valence-electron chi connectivity index (χ0n) is 39.8. The molecule has 0 spiro atoms. The van der Waals surface area contributed by atoms with Gasteiger partial charge in [0.15, 0.2) is 0 Å². The highest BCUT2D eigenvalue weighted by Gasteiger charge is 2.33. The molecule has 2 heterocycles. The van der Waals surface area contributed by atoms with Crippen molar-refractivity contribution < 1.29 is 45.3 Å². The van der Waals surface area contributed by atoms with Crippen LogP contribution >= 0.6 is 35.6 Å². The van der Waals surface area contributed by atoms with Gasteiger partial charge in [0.1, 0.15) is 34.0 Å². The molecule has 0 aliphatic rings. The van der Waals surface area contributed by atoms with E-state index < -0.39 is 12.7 Å². The van der Waals surface area contributed by atoms with Gasteiger partial charge in [-0.25, -0.2) is 0 Å². The molecule has 0 aliphatic heterocycles. The quantitative estimate of drug-likeness (QED) is 0.0888. The zero-order chi connectivity index (χ0) is 49.0. The van der Waals surface area contributed by atoms with Gasteiger partial charge in [0.25, 0.3) is 0 Å². The summed E-state index contributed by atoms with van der Waals surface area (Å²) in [6.07, 6.45) is -5.65. The predicted octanol–water partition coefficient (Wildman–Crippen LogP) is 14.8. The standard InChI is InChI=1S/2C24H29ClF3N3O2.ClH/c2*1-7-15(8-2)18-9-10-19(25)20-21(18)31(6)23(29-20)32-22-14(3)11-17(33-24(26,27)28)12-16(22)13-30(4)5;/h2*9-12,15H,7-8,13H2,1-6H3;1H. The molecule has 368 valence electrons. The minimum Gasteiger partial charge on any atom is -0.425 e. The van der Waals surface area contributed by atoms with Crippen molar-refractivity contribution in [2.45, 2.75) is 105 Å². The number of hydrogen-bond acceptors (Lipinski definition) is 8. The van der Waals surface area contributed by atoms with Crippen LogP contribution in [0.2, 0.25) is 10.0 Å². The van der Waals surface area contributed by atoms with Crippen molar-refractivity contribution in [1.29, 1.82) is 0 Å². The highest BCUT2D eigenvalue weighted by molar-refractivity contribution is 6.35. The summed E-state index contributed by atoms with van der Waals surface area (Å²) in [5.41, 5.74) is 7.48. The fourth-order valence-electron chi connectivity index (χ4n) is 8.29. The first-order chi connectivity index (χ1) is 30.9. The minimum atomic E-state index is -4.77. The lowest BCUT2D eigenvalue weighted by Gasteiger charge is -2.19. The van der Waals surface area contributed by atoms with E-state index in [-0.39, 0.29) is 23.9 Å². The van der Waals surface area contributed by atoms with Gasteiger partial charge >= 0.3 is 24.7 Å². The molecule has 0 radical (unpaired) electrons. The third kappa shape index (κ3) is 13.3. The van der Waals surface area contributed by atoms with E-state index in [0.29, 0.717) is 91.8 Å². The average Bonchev–Trinajstić information content (AvgIpc) is 3.72. The lowest BCUT2D eigenvalue weighted by molar-refractivity contribution is -0.275. The van der Waals surface area contributed by atoms with Gasteiger partial charge in [0, 0.05) is 38.3 Å². The molecule has 0 fully saturated rings. The molecule has 19 heteroatoms. The van der Waals surface area contributed by atoms with Gasteiger partial charge in [-0.3, -0.25) is 9.13 Å². The summed E-state index contributed by atoms with van der Waals surface area (Å²) in [4.78, 5) is 13.0. The molecule has 6 rings (SSSR count). The van der Waals surface area contributed by atoms with E-state index in [9.17, 15) is 26.3 Å². The maximum absolute atomic E-state index is 12.8. The molecular weight excluding hydrogens is 945 g/mol. The largest absolute Gasteiger partial charge is 0.573 e. The van der Waals surface area contributed by atoms with Crippen molar-refractivity contribution >= 4 is 57.7 Å². The van der Waals surface area contributed by atoms with E-state index >= 15 is 0 Å². The minimum absolute atomic E-state index is 0. The summed E-state index contributed by atoms with van der Waals surface area (Å²) in [5.74, 6) is 1.01. The van der Waals surface area contributed by atoms with Crippen LogP contribution < -0.4 is 18.9 Å². The molecule has 0 N–H and O–H groups in total. The second-order valence-electron chi connectivity index (χ2n) is 16.8. The van der Waals surface area contributed by atoms with Crippen molar-refractivity contribution in [3.05, 3.63) is 92.0 Å². The molecule has 0 atom stereocenters. The number of fused-ring (bicyclic) bond motifs is 2. The number of alkyl halides is 6. The smallest absolute Gasteiger partial charge is 0.425 e. The molecular formula is C48H59Cl3F6N6O4. The highest BCUT2D eigenvalue weighted by Crippen LogP contribution is 2.42. The second-order valence-corrected chi connectivity index (χ2v) is 17.6. The zero-order valence-corrected chi connectivity index (χ0v) is 42.1. The number of rotatable bonds is 16. The molecule has 0 amide bonds. The lowest BCUT2D eigenvalue weighted by Crippen LogP contribution is -2.18. The van der Waals surface area contributed by atoms with Crippen LogP contribution in [0.15, 0.2) is 48.5 Å². The Morgan fingerprint density at radius 2 is 0.910 bits per heavy atom. The third-order valence-electron chi connectivity index (χ3n) is 11.3. The van der Waals surface area contributed by atoms with E-state index in [1.807, 2.05) is 85.5 Å². The van der Waals surface area contributed by atoms with Crippen LogP contribution in [0.5, 0.6) is 35.0 Å². The van der Waals surface area contributed by atoms with Crippen molar-refractivity contribution in [1.82, 2.24) is 28.9 Å². The fourth-order valence-corrected chi connectivity index (χ4v) is 8.68. The molecule has 67 heavy (non-hydrogen) atoms. The van der Waals surface area contributed by atoms with E-state index in [1.165, 1.54) is 24.3 Å². The van der Waals surface area contributed by atoms with E-state index in [0.717, 1.165) is 47.8 Å². The van der Waals surface area contributed by atoms with Gasteiger partial charge in [-0.05, 0) is 138 Å². The maximum Gasteiger partial charge on any atom is 0.573 e. The Kier molecular flexibility index (Phi) is 18.6. The average molecular weight is 1000 g/mol. The monoisotopic (exact) mass is 1000 g/mol. The van der Waals surface area contributed by atoms with Gasteiger partial charge in [-0.1, -0.05) is 63.0 Å². The Morgan fingerprint density at radius 1 is 0.582 bits per heavy atom. The van der Waals surface area contributed by atoms with Crippen LogP contribution in [0.3, 0.4) is 0 Å². The van der Waals surface area contributed by atoms with E-state index in [2.05, 4.69) is 47.1 Å². The second kappa shape index (κ2) is 22.7. The van der Waals surface area contributed by atoms with Crippen LogP contribution in [0, 0.1) is 13.8 Å². The van der Waals surface area contributed by atoms with E-state index in [4.69, 9.17) is 32.7 Å². The van der Waals surface area contributed by atoms with Crippen LogP contribution in [0.4, 0.5) is 26.3 Å². The van der Waals surface area contributed by atoms with Gasteiger partial charge in [0.2, 0.25) is 0 Å². The Morgan fingerprint density at radius 3 is 1.19 bits per heavy atom. The van der Waals surface area contributed by atoms with E-state index in [1.54, 1.807) is 13.8 Å². The number of imidazole rings is 2.